The Balaban J connectivity index is 2.10. The average molecular weight is 326 g/mol. The van der Waals surface area contributed by atoms with Crippen LogP contribution in [0.2, 0.25) is 0 Å². The van der Waals surface area contributed by atoms with Crippen molar-refractivity contribution in [2.75, 3.05) is 6.61 Å². The molecule has 0 fully saturated rings. The number of rotatable bonds is 5. The molecule has 0 aliphatic rings. The minimum absolute atomic E-state index is 0.191. The summed E-state index contributed by atoms with van der Waals surface area (Å²) in [7, 11) is 0. The molecule has 124 valence electrons. The van der Waals surface area contributed by atoms with E-state index in [4.69, 9.17) is 16.2 Å². The van der Waals surface area contributed by atoms with Gasteiger partial charge in [-0.3, -0.25) is 0 Å². The number of fused-ring (bicyclic) bond motifs is 1. The molecule has 0 aliphatic heterocycles. The van der Waals surface area contributed by atoms with Gasteiger partial charge in [-0.15, -0.1) is 0 Å². The van der Waals surface area contributed by atoms with Crippen LogP contribution in [0.25, 0.3) is 10.9 Å². The zero-order chi connectivity index (χ0) is 17.1. The number of nitrogens with two attached hydrogens (primary N) is 2. The molecule has 2 aromatic carbocycles. The Bertz CT molecular complexity index is 869. The van der Waals surface area contributed by atoms with Crippen LogP contribution in [0.4, 0.5) is 4.39 Å². The van der Waals surface area contributed by atoms with Crippen molar-refractivity contribution in [3.63, 3.8) is 0 Å². The van der Waals surface area contributed by atoms with Crippen LogP contribution in [0.5, 0.6) is 5.75 Å². The summed E-state index contributed by atoms with van der Waals surface area (Å²) in [6.07, 6.45) is 0. The molecule has 0 aliphatic carbocycles. The van der Waals surface area contributed by atoms with Crippen LogP contribution in [0.15, 0.2) is 42.5 Å². The minimum atomic E-state index is -0.723. The molecule has 1 atom stereocenters. The van der Waals surface area contributed by atoms with Gasteiger partial charge in [0.05, 0.1) is 30.4 Å². The van der Waals surface area contributed by atoms with Gasteiger partial charge in [-0.1, -0.05) is 24.3 Å². The molecule has 0 radical (unpaired) electrons. The van der Waals surface area contributed by atoms with Crippen molar-refractivity contribution >= 4 is 10.9 Å². The van der Waals surface area contributed by atoms with Gasteiger partial charge in [-0.2, -0.15) is 0 Å². The van der Waals surface area contributed by atoms with Crippen LogP contribution in [-0.2, 0) is 6.54 Å². The molecule has 6 heteroatoms. The first-order chi connectivity index (χ1) is 11.6. The Morgan fingerprint density at radius 2 is 1.96 bits per heavy atom. The molecule has 0 saturated heterocycles. The van der Waals surface area contributed by atoms with E-state index in [1.54, 1.807) is 12.1 Å². The third-order valence-electron chi connectivity index (χ3n) is 3.77. The van der Waals surface area contributed by atoms with E-state index in [1.807, 2.05) is 31.2 Å². The lowest BCUT2D eigenvalue weighted by Gasteiger charge is -2.16. The van der Waals surface area contributed by atoms with Crippen LogP contribution in [-0.4, -0.2) is 16.6 Å². The van der Waals surface area contributed by atoms with Crippen LogP contribution < -0.4 is 16.2 Å². The number of hydrogen-bond donors (Lipinski definition) is 2. The zero-order valence-corrected chi connectivity index (χ0v) is 13.4. The number of aromatic nitrogens is 2. The van der Waals surface area contributed by atoms with E-state index < -0.39 is 11.9 Å². The van der Waals surface area contributed by atoms with Gasteiger partial charge >= 0.3 is 0 Å². The molecule has 0 spiro atoms. The standard InChI is InChI=1S/C18H19FN4O/c1-2-24-11-7-8-12(14(19)9-11)17(21)18-13-5-3-4-6-15(13)22-16(10-20)23-18/h3-9,17H,2,10,20-21H2,1H3. The first-order valence-electron chi connectivity index (χ1n) is 7.77. The quantitative estimate of drug-likeness (QED) is 0.753. The fourth-order valence-electron chi connectivity index (χ4n) is 2.64. The molecule has 0 saturated carbocycles. The molecule has 5 nitrogen and oxygen atoms in total. The Morgan fingerprint density at radius 1 is 1.17 bits per heavy atom. The lowest BCUT2D eigenvalue weighted by molar-refractivity contribution is 0.338. The fourth-order valence-corrected chi connectivity index (χ4v) is 2.64. The fraction of sp³-hybridized carbons (Fsp3) is 0.222. The van der Waals surface area contributed by atoms with Crippen LogP contribution in [0, 0.1) is 5.82 Å². The maximum Gasteiger partial charge on any atom is 0.142 e. The van der Waals surface area contributed by atoms with Gasteiger partial charge in [0.15, 0.2) is 0 Å². The highest BCUT2D eigenvalue weighted by Gasteiger charge is 2.19. The van der Waals surface area contributed by atoms with Gasteiger partial charge in [0.2, 0.25) is 0 Å². The number of hydrogen-bond acceptors (Lipinski definition) is 5. The molecule has 1 aromatic heterocycles. The van der Waals surface area contributed by atoms with E-state index in [1.165, 1.54) is 6.07 Å². The van der Waals surface area contributed by atoms with E-state index in [-0.39, 0.29) is 6.54 Å². The van der Waals surface area contributed by atoms with Crippen molar-refractivity contribution < 1.29 is 9.13 Å². The van der Waals surface area contributed by atoms with Gasteiger partial charge in [0, 0.05) is 17.0 Å². The Morgan fingerprint density at radius 3 is 2.67 bits per heavy atom. The molecule has 1 unspecified atom stereocenters. The molecule has 0 amide bonds. The summed E-state index contributed by atoms with van der Waals surface area (Å²) in [6, 6.07) is 11.4. The summed E-state index contributed by atoms with van der Waals surface area (Å²) >= 11 is 0. The SMILES string of the molecule is CCOc1ccc(C(N)c2nc(CN)nc3ccccc23)c(F)c1. The van der Waals surface area contributed by atoms with E-state index >= 15 is 0 Å². The molecule has 3 rings (SSSR count). The lowest BCUT2D eigenvalue weighted by atomic mass is 10.00. The third kappa shape index (κ3) is 3.06. The first kappa shape index (κ1) is 16.3. The second kappa shape index (κ2) is 6.90. The van der Waals surface area contributed by atoms with Crippen molar-refractivity contribution in [1.82, 2.24) is 9.97 Å². The average Bonchev–Trinajstić information content (AvgIpc) is 2.60. The number of para-hydroxylation sites is 1. The second-order valence-electron chi connectivity index (χ2n) is 5.34. The van der Waals surface area contributed by atoms with Gasteiger partial charge in [-0.05, 0) is 19.1 Å². The number of benzene rings is 2. The Hall–Kier alpha value is -2.57. The molecule has 4 N–H and O–H groups in total. The molecule has 24 heavy (non-hydrogen) atoms. The Labute approximate surface area is 139 Å². The largest absolute Gasteiger partial charge is 0.494 e. The van der Waals surface area contributed by atoms with E-state index in [0.717, 1.165) is 10.9 Å². The smallest absolute Gasteiger partial charge is 0.142 e. The second-order valence-corrected chi connectivity index (χ2v) is 5.34. The van der Waals surface area contributed by atoms with Crippen molar-refractivity contribution in [2.45, 2.75) is 19.5 Å². The molecule has 1 heterocycles. The minimum Gasteiger partial charge on any atom is -0.494 e. The van der Waals surface area contributed by atoms with Crippen molar-refractivity contribution in [3.05, 3.63) is 65.4 Å². The predicted molar refractivity (Wildman–Crippen MR) is 91.0 cm³/mol. The first-order valence-corrected chi connectivity index (χ1v) is 7.77. The highest BCUT2D eigenvalue weighted by Crippen LogP contribution is 2.28. The number of nitrogens with zero attached hydrogens (tertiary/aromatic N) is 2. The van der Waals surface area contributed by atoms with E-state index in [2.05, 4.69) is 9.97 Å². The molecular formula is C18H19FN4O. The van der Waals surface area contributed by atoms with Crippen molar-refractivity contribution in [1.29, 1.82) is 0 Å². The highest BCUT2D eigenvalue weighted by atomic mass is 19.1. The van der Waals surface area contributed by atoms with E-state index in [9.17, 15) is 4.39 Å². The van der Waals surface area contributed by atoms with Gasteiger partial charge < -0.3 is 16.2 Å². The summed E-state index contributed by atoms with van der Waals surface area (Å²) in [4.78, 5) is 8.82. The van der Waals surface area contributed by atoms with Gasteiger partial charge in [-0.25, -0.2) is 14.4 Å². The Kier molecular flexibility index (Phi) is 4.69. The topological polar surface area (TPSA) is 87.0 Å². The van der Waals surface area contributed by atoms with E-state index in [0.29, 0.717) is 29.4 Å². The zero-order valence-electron chi connectivity index (χ0n) is 13.4. The summed E-state index contributed by atoms with van der Waals surface area (Å²) in [6.45, 7) is 2.51. The van der Waals surface area contributed by atoms with Crippen LogP contribution in [0.3, 0.4) is 0 Å². The summed E-state index contributed by atoms with van der Waals surface area (Å²) in [5.74, 6) is 0.525. The summed E-state index contributed by atoms with van der Waals surface area (Å²) < 4.78 is 19.8. The highest BCUT2D eigenvalue weighted by molar-refractivity contribution is 5.81. The van der Waals surface area contributed by atoms with Crippen molar-refractivity contribution in [2.24, 2.45) is 11.5 Å². The molecular weight excluding hydrogens is 307 g/mol. The summed E-state index contributed by atoms with van der Waals surface area (Å²) in [5, 5.41) is 0.787. The number of ether oxygens (including phenoxy) is 1. The molecule has 3 aromatic rings. The lowest BCUT2D eigenvalue weighted by Crippen LogP contribution is -2.18. The molecule has 0 bridgehead atoms. The van der Waals surface area contributed by atoms with Gasteiger partial charge in [0.25, 0.3) is 0 Å². The maximum atomic E-state index is 14.5. The predicted octanol–water partition coefficient (Wildman–Crippen LogP) is 2.67. The van der Waals surface area contributed by atoms with Crippen LogP contribution >= 0.6 is 0 Å². The maximum absolute atomic E-state index is 14.5. The monoisotopic (exact) mass is 326 g/mol. The number of halogens is 1. The third-order valence-corrected chi connectivity index (χ3v) is 3.77. The summed E-state index contributed by atoms with van der Waals surface area (Å²) in [5.41, 5.74) is 13.6. The van der Waals surface area contributed by atoms with Crippen molar-refractivity contribution in [3.8, 4) is 5.75 Å². The van der Waals surface area contributed by atoms with Crippen LogP contribution in [0.1, 0.15) is 30.0 Å². The normalized spacial score (nSPS) is 12.3. The van der Waals surface area contributed by atoms with Gasteiger partial charge in [0.1, 0.15) is 17.4 Å².